The molecule has 77 heavy (non-hydrogen) atoms. The molecule has 0 spiro atoms. The molecule has 15 atom stereocenters. The van der Waals surface area contributed by atoms with Crippen LogP contribution in [0.5, 0.6) is 5.75 Å². The molecule has 6 rings (SSSR count). The highest BCUT2D eigenvalue weighted by molar-refractivity contribution is 5.83. The number of nitrogens with zero attached hydrogens (tertiary/aromatic N) is 2. The predicted octanol–water partition coefficient (Wildman–Crippen LogP) is 6.05. The normalized spacial score (nSPS) is 30.7. The van der Waals surface area contributed by atoms with Gasteiger partial charge in [0.1, 0.15) is 30.0 Å². The minimum absolute atomic E-state index is 0.0926. The lowest BCUT2D eigenvalue weighted by Gasteiger charge is -2.36. The number of anilines is 1. The van der Waals surface area contributed by atoms with Gasteiger partial charge in [-0.1, -0.05) is 66.7 Å². The number of fused-ring (bicyclic) bond motifs is 1. The molecule has 0 aromatic heterocycles. The first-order valence-electron chi connectivity index (χ1n) is 27.8. The number of ketones is 1. The smallest absolute Gasteiger partial charge is 0.308 e. The fourth-order valence-corrected chi connectivity index (χ4v) is 9.94. The SMILES string of the molecule is CC.CC1CC(N(C)CCCOc2ccc(C=O)cc2)CC(O)O1.CC1C[C@H](O)OC(C)[C@@H]1O.CNCC(C)N1CCc2ccccc21.CO.CO.COC1C[C@@H](C)CC(C)C(=O)OC[C@@](C)(O)C(O)C(C)C(=O)[C@H](C)C1. The van der Waals surface area contributed by atoms with Crippen molar-refractivity contribution in [2.45, 2.75) is 188 Å². The topological polar surface area (TPSA) is 257 Å². The van der Waals surface area contributed by atoms with Crippen molar-refractivity contribution in [3.8, 4) is 5.75 Å². The van der Waals surface area contributed by atoms with Crippen LogP contribution in [0.4, 0.5) is 5.69 Å². The van der Waals surface area contributed by atoms with Gasteiger partial charge in [-0.15, -0.1) is 0 Å². The van der Waals surface area contributed by atoms with Gasteiger partial charge in [-0.05, 0) is 128 Å². The number of para-hydroxylation sites is 1. The first-order valence-corrected chi connectivity index (χ1v) is 27.8. The largest absolute Gasteiger partial charge is 0.494 e. The number of aliphatic hydroxyl groups excluding tert-OH is 6. The van der Waals surface area contributed by atoms with Crippen LogP contribution in [0.1, 0.15) is 137 Å². The third kappa shape index (κ3) is 26.5. The summed E-state index contributed by atoms with van der Waals surface area (Å²) in [6.45, 7) is 24.0. The van der Waals surface area contributed by atoms with Gasteiger partial charge in [-0.3, -0.25) is 14.4 Å². The van der Waals surface area contributed by atoms with Crippen LogP contribution in [-0.2, 0) is 35.0 Å². The van der Waals surface area contributed by atoms with Crippen molar-refractivity contribution in [2.24, 2.45) is 29.6 Å². The summed E-state index contributed by atoms with van der Waals surface area (Å²) < 4.78 is 26.7. The first-order chi connectivity index (χ1) is 36.5. The Kier molecular flexibility index (Phi) is 37.8. The summed E-state index contributed by atoms with van der Waals surface area (Å²) in [5, 5.41) is 66.2. The molecule has 0 bridgehead atoms. The van der Waals surface area contributed by atoms with Crippen LogP contribution < -0.4 is 15.0 Å². The van der Waals surface area contributed by atoms with Crippen LogP contribution in [0.2, 0.25) is 0 Å². The highest BCUT2D eigenvalue weighted by atomic mass is 16.6. The molecule has 10 unspecified atom stereocenters. The fourth-order valence-electron chi connectivity index (χ4n) is 9.94. The summed E-state index contributed by atoms with van der Waals surface area (Å²) in [7, 11) is 7.71. The maximum atomic E-state index is 12.6. The van der Waals surface area contributed by atoms with E-state index in [1.165, 1.54) is 31.1 Å². The molecule has 18 nitrogen and oxygen atoms in total. The monoisotopic (exact) mass is 1100 g/mol. The zero-order valence-corrected chi connectivity index (χ0v) is 49.8. The molecule has 2 aromatic rings. The third-order valence-electron chi connectivity index (χ3n) is 14.3. The molecule has 4 aliphatic heterocycles. The summed E-state index contributed by atoms with van der Waals surface area (Å²) in [5.74, 6) is -0.736. The number of esters is 1. The number of nitrogens with one attached hydrogen (secondary N) is 1. The van der Waals surface area contributed by atoms with Crippen molar-refractivity contribution >= 4 is 23.7 Å². The molecule has 0 amide bonds. The Morgan fingerprint density at radius 2 is 1.45 bits per heavy atom. The third-order valence-corrected chi connectivity index (χ3v) is 14.3. The minimum Gasteiger partial charge on any atom is -0.494 e. The highest BCUT2D eigenvalue weighted by Crippen LogP contribution is 2.30. The highest BCUT2D eigenvalue weighted by Gasteiger charge is 2.41. The van der Waals surface area contributed by atoms with Crippen molar-refractivity contribution in [3.63, 3.8) is 0 Å². The molecule has 0 saturated carbocycles. The Morgan fingerprint density at radius 3 is 2.03 bits per heavy atom. The summed E-state index contributed by atoms with van der Waals surface area (Å²) in [6, 6.07) is 16.8. The van der Waals surface area contributed by atoms with Gasteiger partial charge in [-0.25, -0.2) is 0 Å². The van der Waals surface area contributed by atoms with Crippen molar-refractivity contribution in [3.05, 3.63) is 59.7 Å². The molecule has 2 aromatic carbocycles. The summed E-state index contributed by atoms with van der Waals surface area (Å²) >= 11 is 0. The molecule has 4 aliphatic rings. The molecular weight excluding hydrogens is 991 g/mol. The number of carbonyl (C=O) groups excluding carboxylic acids is 3. The van der Waals surface area contributed by atoms with Gasteiger partial charge in [-0.2, -0.15) is 0 Å². The minimum atomic E-state index is -1.68. The number of methoxy groups -OCH3 is 1. The quantitative estimate of drug-likeness (QED) is 0.0724. The molecule has 3 saturated heterocycles. The van der Waals surface area contributed by atoms with Crippen LogP contribution >= 0.6 is 0 Å². The van der Waals surface area contributed by atoms with E-state index < -0.39 is 42.3 Å². The molecule has 4 heterocycles. The van der Waals surface area contributed by atoms with Crippen molar-refractivity contribution in [2.75, 3.05) is 73.2 Å². The average Bonchev–Trinajstić information content (AvgIpc) is 3.86. The number of cyclic esters (lactones) is 1. The van der Waals surface area contributed by atoms with Gasteiger partial charge in [0.15, 0.2) is 12.6 Å². The Morgan fingerprint density at radius 1 is 0.844 bits per heavy atom. The number of benzene rings is 2. The van der Waals surface area contributed by atoms with Crippen molar-refractivity contribution in [1.29, 1.82) is 0 Å². The molecule has 18 heteroatoms. The number of ether oxygens (including phenoxy) is 5. The number of aliphatic hydroxyl groups is 7. The standard InChI is InChI=1S/C19H34O6.C17H25NO4.C12H18N2.C7H14O3.C2H6.2CH4O/c1-11-7-13(3)18(22)25-10-19(5,23)17(21)14(4)16(20)12(2)9-15(8-11)24-6;1-13-10-15(11-17(20)22-13)18(2)8-3-9-21-16-6-4-14(12-19)5-7-16;1-10(9-13-2)14-8-7-11-5-3-4-6-12(11)14;1-4-3-6(8)10-5(2)7(4)9;3*1-2/h11-15,17,21,23H,7-10H2,1-6H3;4-7,12-13,15,17,20H,3,8-11H2,1-2H3;3-6,10,13H,7-9H2,1-2H3;4-9H,3H2,1-2H3;1-2H3;2*2H,1H3/t11-,12+,13?,14?,15?,17?,19+;;;4?,5?,6-,7-;;;/m0..1.../s1. The summed E-state index contributed by atoms with van der Waals surface area (Å²) in [4.78, 5) is 40.1. The number of Topliss-reactive ketones (excluding diaryl/α,β-unsaturated/α-hetero) is 1. The number of likely N-dealkylation sites (N-methyl/N-ethyl adjacent to an activating group) is 1. The van der Waals surface area contributed by atoms with E-state index in [1.54, 1.807) is 40.0 Å². The second-order valence-corrected chi connectivity index (χ2v) is 20.9. The van der Waals surface area contributed by atoms with Gasteiger partial charge in [0.25, 0.3) is 0 Å². The van der Waals surface area contributed by atoms with E-state index in [0.717, 1.165) is 58.6 Å². The lowest BCUT2D eigenvalue weighted by molar-refractivity contribution is -0.209. The number of rotatable bonds is 11. The first kappa shape index (κ1) is 73.4. The lowest BCUT2D eigenvalue weighted by atomic mass is 9.80. The zero-order valence-electron chi connectivity index (χ0n) is 49.8. The summed E-state index contributed by atoms with van der Waals surface area (Å²) in [5.41, 5.74) is 1.89. The van der Waals surface area contributed by atoms with Crippen LogP contribution in [0.15, 0.2) is 48.5 Å². The second kappa shape index (κ2) is 39.7. The Hall–Kier alpha value is -3.63. The van der Waals surface area contributed by atoms with E-state index in [1.807, 2.05) is 53.8 Å². The van der Waals surface area contributed by atoms with Crippen molar-refractivity contribution in [1.82, 2.24) is 10.2 Å². The molecule has 3 fully saturated rings. The molecule has 0 aliphatic carbocycles. The maximum absolute atomic E-state index is 12.6. The zero-order chi connectivity index (χ0) is 59.0. The van der Waals surface area contributed by atoms with Crippen LogP contribution in [-0.4, -0.2) is 188 Å². The summed E-state index contributed by atoms with van der Waals surface area (Å²) in [6.07, 6.45) is 3.71. The molecular formula is C59H105N3O15. The number of carbonyl (C=O) groups is 3. The average molecular weight is 1100 g/mol. The van der Waals surface area contributed by atoms with Gasteiger partial charge in [0.05, 0.1) is 43.0 Å². The number of hydrogen-bond acceptors (Lipinski definition) is 18. The fraction of sp³-hybridized carbons (Fsp3) is 0.746. The second-order valence-electron chi connectivity index (χ2n) is 20.9. The van der Waals surface area contributed by atoms with Gasteiger partial charge in [0, 0.05) is 89.0 Å². The van der Waals surface area contributed by atoms with Crippen LogP contribution in [0.25, 0.3) is 0 Å². The van der Waals surface area contributed by atoms with Crippen LogP contribution in [0.3, 0.4) is 0 Å². The Balaban J connectivity index is 0.00000101. The van der Waals surface area contributed by atoms with E-state index in [4.69, 9.17) is 39.0 Å². The van der Waals surface area contributed by atoms with Crippen LogP contribution in [0, 0.1) is 29.6 Å². The van der Waals surface area contributed by atoms with E-state index in [9.17, 15) is 34.8 Å². The lowest BCUT2D eigenvalue weighted by Crippen LogP contribution is -2.50. The Bertz CT molecular complexity index is 1840. The number of aldehydes is 1. The van der Waals surface area contributed by atoms with Gasteiger partial charge >= 0.3 is 5.97 Å². The Labute approximate surface area is 462 Å². The van der Waals surface area contributed by atoms with Crippen molar-refractivity contribution < 1.29 is 73.8 Å². The van der Waals surface area contributed by atoms with E-state index in [0.29, 0.717) is 49.9 Å². The van der Waals surface area contributed by atoms with Gasteiger partial charge < -0.3 is 74.5 Å². The van der Waals surface area contributed by atoms with E-state index in [-0.39, 0.29) is 54.4 Å². The molecule has 0 radical (unpaired) electrons. The predicted molar refractivity (Wildman–Crippen MR) is 303 cm³/mol. The van der Waals surface area contributed by atoms with E-state index >= 15 is 0 Å². The maximum Gasteiger partial charge on any atom is 0.308 e. The van der Waals surface area contributed by atoms with E-state index in [2.05, 4.69) is 60.3 Å². The molecule has 446 valence electrons. The number of hydrogen-bond donors (Lipinski definition) is 8. The molecule has 8 N–H and O–H groups in total. The van der Waals surface area contributed by atoms with Gasteiger partial charge in [0.2, 0.25) is 0 Å².